The fourth-order valence-corrected chi connectivity index (χ4v) is 2.20. The van der Waals surface area contributed by atoms with Gasteiger partial charge in [-0.2, -0.15) is 18.3 Å². The van der Waals surface area contributed by atoms with Gasteiger partial charge in [0.25, 0.3) is 0 Å². The zero-order valence-corrected chi connectivity index (χ0v) is 11.1. The Bertz CT molecular complexity index is 512. The molecular weight excluding hydrogens is 269 g/mol. The van der Waals surface area contributed by atoms with Gasteiger partial charge in [0.2, 0.25) is 0 Å². The minimum atomic E-state index is -4.51. The van der Waals surface area contributed by atoms with E-state index in [-0.39, 0.29) is 12.3 Å². The maximum Gasteiger partial charge on any atom is 0.435 e. The van der Waals surface area contributed by atoms with Crippen LogP contribution in [0.25, 0.3) is 0 Å². The molecule has 0 aliphatic heterocycles. The first-order valence-corrected chi connectivity index (χ1v) is 6.92. The smallest absolute Gasteiger partial charge is 0.271 e. The van der Waals surface area contributed by atoms with Crippen LogP contribution in [0.3, 0.4) is 0 Å². The van der Waals surface area contributed by atoms with E-state index in [2.05, 4.69) is 5.10 Å². The molecule has 104 valence electrons. The van der Waals surface area contributed by atoms with Gasteiger partial charge in [-0.3, -0.25) is 4.68 Å². The Labute approximate surface area is 104 Å². The average Bonchev–Trinajstić information content (AvgIpc) is 2.60. The molecule has 8 heteroatoms. The van der Waals surface area contributed by atoms with Gasteiger partial charge < -0.3 is 0 Å². The monoisotopic (exact) mass is 284 g/mol. The van der Waals surface area contributed by atoms with Crippen molar-refractivity contribution in [1.82, 2.24) is 9.78 Å². The molecule has 0 aliphatic carbocycles. The summed E-state index contributed by atoms with van der Waals surface area (Å²) in [5.41, 5.74) is -1.02. The maximum absolute atomic E-state index is 12.3. The zero-order valence-electron chi connectivity index (χ0n) is 10.3. The number of alkyl halides is 3. The van der Waals surface area contributed by atoms with E-state index in [4.69, 9.17) is 0 Å². The van der Waals surface area contributed by atoms with Crippen LogP contribution < -0.4 is 0 Å². The third-order valence-corrected chi connectivity index (χ3v) is 5.04. The van der Waals surface area contributed by atoms with Crippen molar-refractivity contribution in [2.24, 2.45) is 0 Å². The Morgan fingerprint density at radius 1 is 1.28 bits per heavy atom. The van der Waals surface area contributed by atoms with Crippen molar-refractivity contribution in [3.05, 3.63) is 18.0 Å². The number of hydrogen-bond acceptors (Lipinski definition) is 3. The van der Waals surface area contributed by atoms with Gasteiger partial charge in [-0.25, -0.2) is 8.42 Å². The van der Waals surface area contributed by atoms with Gasteiger partial charge in [0.05, 0.1) is 17.0 Å². The topological polar surface area (TPSA) is 52.0 Å². The molecule has 0 N–H and O–H groups in total. The van der Waals surface area contributed by atoms with E-state index in [1.54, 1.807) is 20.8 Å². The molecule has 4 nitrogen and oxygen atoms in total. The molecule has 0 saturated carbocycles. The summed E-state index contributed by atoms with van der Waals surface area (Å²) in [4.78, 5) is 0. The van der Waals surface area contributed by atoms with Crippen LogP contribution >= 0.6 is 0 Å². The predicted molar refractivity (Wildman–Crippen MR) is 60.8 cm³/mol. The van der Waals surface area contributed by atoms with E-state index in [9.17, 15) is 21.6 Å². The Kier molecular flexibility index (Phi) is 3.81. The van der Waals surface area contributed by atoms with E-state index in [0.29, 0.717) is 0 Å². The second kappa shape index (κ2) is 4.56. The summed E-state index contributed by atoms with van der Waals surface area (Å²) in [6.45, 7) is 4.56. The maximum atomic E-state index is 12.3. The highest BCUT2D eigenvalue weighted by Crippen LogP contribution is 2.27. The standard InChI is InChI=1S/C10H15F3N2O2S/c1-9(2,3)18(16,17)7-6-15-5-4-8(14-15)10(11,12)13/h4-5H,6-7H2,1-3H3. The lowest BCUT2D eigenvalue weighted by Gasteiger charge is -2.18. The molecule has 1 aromatic heterocycles. The van der Waals surface area contributed by atoms with Crippen LogP contribution in [0, 0.1) is 0 Å². The summed E-state index contributed by atoms with van der Waals surface area (Å²) in [5.74, 6) is -0.241. The summed E-state index contributed by atoms with van der Waals surface area (Å²) in [7, 11) is -3.36. The molecule has 1 heterocycles. The van der Waals surface area contributed by atoms with Gasteiger partial charge in [-0.1, -0.05) is 0 Å². The molecule has 0 atom stereocenters. The number of halogens is 3. The van der Waals surface area contributed by atoms with Crippen LogP contribution in [-0.2, 0) is 22.6 Å². The van der Waals surface area contributed by atoms with Crippen molar-refractivity contribution in [3.63, 3.8) is 0 Å². The molecule has 0 fully saturated rings. The molecular formula is C10H15F3N2O2S. The Balaban J connectivity index is 2.75. The van der Waals surface area contributed by atoms with E-state index >= 15 is 0 Å². The van der Waals surface area contributed by atoms with Gasteiger partial charge in [0.1, 0.15) is 0 Å². The van der Waals surface area contributed by atoms with Gasteiger partial charge in [-0.15, -0.1) is 0 Å². The van der Waals surface area contributed by atoms with Gasteiger partial charge >= 0.3 is 6.18 Å². The highest BCUT2D eigenvalue weighted by atomic mass is 32.2. The van der Waals surface area contributed by atoms with Gasteiger partial charge in [0, 0.05) is 6.20 Å². The lowest BCUT2D eigenvalue weighted by molar-refractivity contribution is -0.141. The summed E-state index contributed by atoms with van der Waals surface area (Å²) in [6.07, 6.45) is -3.38. The Morgan fingerprint density at radius 2 is 1.83 bits per heavy atom. The first kappa shape index (κ1) is 15.0. The van der Waals surface area contributed by atoms with Crippen LogP contribution in [0.5, 0.6) is 0 Å². The number of nitrogens with zero attached hydrogens (tertiary/aromatic N) is 2. The number of sulfone groups is 1. The molecule has 0 saturated heterocycles. The number of aromatic nitrogens is 2. The number of aryl methyl sites for hydroxylation is 1. The fourth-order valence-electron chi connectivity index (χ4n) is 1.16. The van der Waals surface area contributed by atoms with Gasteiger partial charge in [-0.05, 0) is 26.8 Å². The van der Waals surface area contributed by atoms with Crippen molar-refractivity contribution in [3.8, 4) is 0 Å². The van der Waals surface area contributed by atoms with E-state index in [1.165, 1.54) is 0 Å². The molecule has 0 amide bonds. The number of hydrogen-bond donors (Lipinski definition) is 0. The Hall–Kier alpha value is -1.05. The van der Waals surface area contributed by atoms with Crippen molar-refractivity contribution in [2.45, 2.75) is 38.2 Å². The zero-order chi connectivity index (χ0) is 14.2. The SMILES string of the molecule is CC(C)(C)S(=O)(=O)CCn1ccc(C(F)(F)F)n1. The number of rotatable bonds is 3. The van der Waals surface area contributed by atoms with E-state index in [0.717, 1.165) is 16.9 Å². The molecule has 18 heavy (non-hydrogen) atoms. The van der Waals surface area contributed by atoms with E-state index < -0.39 is 26.5 Å². The molecule has 0 aromatic carbocycles. The Morgan fingerprint density at radius 3 is 2.22 bits per heavy atom. The van der Waals surface area contributed by atoms with Crippen molar-refractivity contribution in [2.75, 3.05) is 5.75 Å². The van der Waals surface area contributed by atoms with Crippen LogP contribution in [0.1, 0.15) is 26.5 Å². The van der Waals surface area contributed by atoms with Crippen molar-refractivity contribution >= 4 is 9.84 Å². The summed E-state index contributed by atoms with van der Waals surface area (Å²) >= 11 is 0. The van der Waals surface area contributed by atoms with Gasteiger partial charge in [0.15, 0.2) is 15.5 Å². The normalized spacial score (nSPS) is 13.9. The highest BCUT2D eigenvalue weighted by molar-refractivity contribution is 7.92. The lowest BCUT2D eigenvalue weighted by Crippen LogP contribution is -2.32. The first-order valence-electron chi connectivity index (χ1n) is 5.26. The largest absolute Gasteiger partial charge is 0.435 e. The molecule has 1 rings (SSSR count). The predicted octanol–water partition coefficient (Wildman–Crippen LogP) is 2.12. The molecule has 0 aliphatic rings. The van der Waals surface area contributed by atoms with Crippen LogP contribution in [0.4, 0.5) is 13.2 Å². The highest BCUT2D eigenvalue weighted by Gasteiger charge is 2.34. The van der Waals surface area contributed by atoms with Crippen LogP contribution in [0.2, 0.25) is 0 Å². The average molecular weight is 284 g/mol. The second-order valence-corrected chi connectivity index (χ2v) is 7.76. The van der Waals surface area contributed by atoms with Crippen molar-refractivity contribution in [1.29, 1.82) is 0 Å². The van der Waals surface area contributed by atoms with E-state index in [1.807, 2.05) is 0 Å². The molecule has 1 aromatic rings. The summed E-state index contributed by atoms with van der Waals surface area (Å²) < 4.78 is 60.4. The van der Waals surface area contributed by atoms with Crippen molar-refractivity contribution < 1.29 is 21.6 Å². The fraction of sp³-hybridized carbons (Fsp3) is 0.700. The first-order chi connectivity index (χ1) is 7.93. The van der Waals surface area contributed by atoms with Crippen LogP contribution in [-0.4, -0.2) is 28.7 Å². The second-order valence-electron chi connectivity index (χ2n) is 4.89. The quantitative estimate of drug-likeness (QED) is 0.854. The minimum Gasteiger partial charge on any atom is -0.271 e. The third-order valence-electron chi connectivity index (χ3n) is 2.45. The molecule has 0 bridgehead atoms. The third kappa shape index (κ3) is 3.47. The summed E-state index contributed by atoms with van der Waals surface area (Å²) in [6, 6.07) is 0.823. The summed E-state index contributed by atoms with van der Waals surface area (Å²) in [5, 5.41) is 3.29. The molecule has 0 radical (unpaired) electrons. The minimum absolute atomic E-state index is 0.0876. The molecule has 0 spiro atoms. The lowest BCUT2D eigenvalue weighted by atomic mass is 10.3. The van der Waals surface area contributed by atoms with Crippen LogP contribution in [0.15, 0.2) is 12.3 Å². The molecule has 0 unspecified atom stereocenters.